The molecule has 0 aliphatic carbocycles. The molecule has 1 fully saturated rings. The number of Topliss-reactive ketones (excluding diaryl/α,β-unsaturated/α-hetero) is 1. The van der Waals surface area contributed by atoms with E-state index in [0.29, 0.717) is 17.2 Å². The number of ketones is 1. The molecule has 1 aromatic rings. The smallest absolute Gasteiger partial charge is 0.161 e. The zero-order valence-electron chi connectivity index (χ0n) is 10.4. The van der Waals surface area contributed by atoms with E-state index in [4.69, 9.17) is 0 Å². The summed E-state index contributed by atoms with van der Waals surface area (Å²) in [5.74, 6) is 0.202. The lowest BCUT2D eigenvalue weighted by atomic mass is 9.98. The molecule has 0 saturated carbocycles. The van der Waals surface area contributed by atoms with Crippen LogP contribution in [0.5, 0.6) is 0 Å². The predicted octanol–water partition coefficient (Wildman–Crippen LogP) is 3.26. The number of benzene rings is 1. The highest BCUT2D eigenvalue weighted by molar-refractivity contribution is 5.99. The van der Waals surface area contributed by atoms with Crippen molar-refractivity contribution in [3.8, 4) is 0 Å². The molecule has 1 heterocycles. The molecule has 2 rings (SSSR count). The van der Waals surface area contributed by atoms with Crippen LogP contribution in [0, 0.1) is 11.7 Å². The van der Waals surface area contributed by atoms with Crippen molar-refractivity contribution in [3.05, 3.63) is 29.6 Å². The molecule has 92 valence electrons. The number of halogens is 1. The second kappa shape index (κ2) is 4.86. The lowest BCUT2D eigenvalue weighted by molar-refractivity contribution is 0.101. The van der Waals surface area contributed by atoms with E-state index in [-0.39, 0.29) is 11.6 Å². The normalized spacial score (nSPS) is 20.4. The van der Waals surface area contributed by atoms with Crippen LogP contribution in [0.25, 0.3) is 0 Å². The van der Waals surface area contributed by atoms with Crippen molar-refractivity contribution >= 4 is 11.5 Å². The number of rotatable bonds is 2. The molecular formula is C14H18FNO. The minimum absolute atomic E-state index is 0.0715. The number of anilines is 1. The summed E-state index contributed by atoms with van der Waals surface area (Å²) < 4.78 is 13.9. The van der Waals surface area contributed by atoms with E-state index in [1.165, 1.54) is 19.4 Å². The van der Waals surface area contributed by atoms with Gasteiger partial charge in [-0.2, -0.15) is 0 Å². The Bertz CT molecular complexity index is 430. The molecule has 1 atom stereocenters. The first kappa shape index (κ1) is 12.1. The van der Waals surface area contributed by atoms with Crippen LogP contribution in [-0.4, -0.2) is 18.9 Å². The van der Waals surface area contributed by atoms with E-state index >= 15 is 0 Å². The Morgan fingerprint density at radius 2 is 2.24 bits per heavy atom. The van der Waals surface area contributed by atoms with Crippen molar-refractivity contribution in [2.75, 3.05) is 18.0 Å². The highest BCUT2D eigenvalue weighted by atomic mass is 19.1. The summed E-state index contributed by atoms with van der Waals surface area (Å²) in [5, 5.41) is 0. The van der Waals surface area contributed by atoms with Crippen molar-refractivity contribution < 1.29 is 9.18 Å². The topological polar surface area (TPSA) is 20.3 Å². The van der Waals surface area contributed by atoms with Gasteiger partial charge in [0.1, 0.15) is 5.82 Å². The monoisotopic (exact) mass is 235 g/mol. The van der Waals surface area contributed by atoms with Crippen molar-refractivity contribution in [1.82, 2.24) is 0 Å². The van der Waals surface area contributed by atoms with E-state index < -0.39 is 0 Å². The molecule has 17 heavy (non-hydrogen) atoms. The van der Waals surface area contributed by atoms with Crippen molar-refractivity contribution in [2.45, 2.75) is 26.7 Å². The Kier molecular flexibility index (Phi) is 3.46. The van der Waals surface area contributed by atoms with Gasteiger partial charge in [0.2, 0.25) is 0 Å². The first-order valence-corrected chi connectivity index (χ1v) is 6.14. The lowest BCUT2D eigenvalue weighted by Gasteiger charge is -2.34. The molecule has 0 N–H and O–H groups in total. The van der Waals surface area contributed by atoms with Crippen LogP contribution in [0.15, 0.2) is 18.2 Å². The third-order valence-electron chi connectivity index (χ3n) is 3.34. The second-order valence-electron chi connectivity index (χ2n) is 4.89. The molecule has 1 aromatic carbocycles. The number of para-hydroxylation sites is 1. The molecule has 1 aliphatic heterocycles. The number of hydrogen-bond acceptors (Lipinski definition) is 2. The third kappa shape index (κ3) is 2.48. The molecular weight excluding hydrogens is 217 g/mol. The number of hydrogen-bond donors (Lipinski definition) is 0. The summed E-state index contributed by atoms with van der Waals surface area (Å²) in [6.07, 6.45) is 2.24. The van der Waals surface area contributed by atoms with Crippen LogP contribution >= 0.6 is 0 Å². The summed E-state index contributed by atoms with van der Waals surface area (Å²) in [6, 6.07) is 4.74. The molecule has 2 nitrogen and oxygen atoms in total. The quantitative estimate of drug-likeness (QED) is 0.733. The van der Waals surface area contributed by atoms with Crippen LogP contribution < -0.4 is 4.90 Å². The largest absolute Gasteiger partial charge is 0.368 e. The Morgan fingerprint density at radius 1 is 1.47 bits per heavy atom. The summed E-state index contributed by atoms with van der Waals surface area (Å²) in [5.41, 5.74) is 0.991. The summed E-state index contributed by atoms with van der Waals surface area (Å²) in [4.78, 5) is 13.6. The van der Waals surface area contributed by atoms with Crippen LogP contribution in [0.2, 0.25) is 0 Å². The maximum absolute atomic E-state index is 13.9. The zero-order chi connectivity index (χ0) is 12.4. The first-order valence-electron chi connectivity index (χ1n) is 6.14. The average molecular weight is 235 g/mol. The molecule has 1 saturated heterocycles. The maximum Gasteiger partial charge on any atom is 0.161 e. The van der Waals surface area contributed by atoms with Crippen LogP contribution in [-0.2, 0) is 0 Å². The molecule has 0 spiro atoms. The Morgan fingerprint density at radius 3 is 2.88 bits per heavy atom. The van der Waals surface area contributed by atoms with E-state index in [2.05, 4.69) is 6.92 Å². The van der Waals surface area contributed by atoms with E-state index in [1.54, 1.807) is 12.1 Å². The Hall–Kier alpha value is -1.38. The van der Waals surface area contributed by atoms with Crippen molar-refractivity contribution in [2.24, 2.45) is 5.92 Å². The third-order valence-corrected chi connectivity index (χ3v) is 3.34. The van der Waals surface area contributed by atoms with Gasteiger partial charge >= 0.3 is 0 Å². The fourth-order valence-electron chi connectivity index (χ4n) is 2.51. The van der Waals surface area contributed by atoms with Gasteiger partial charge in [0, 0.05) is 18.7 Å². The SMILES string of the molecule is CC(=O)c1cccc(F)c1N1CCCC(C)C1. The predicted molar refractivity (Wildman–Crippen MR) is 67.0 cm³/mol. The van der Waals surface area contributed by atoms with Crippen molar-refractivity contribution in [1.29, 1.82) is 0 Å². The molecule has 0 bridgehead atoms. The van der Waals surface area contributed by atoms with Gasteiger partial charge in [0.15, 0.2) is 5.78 Å². The maximum atomic E-state index is 13.9. The van der Waals surface area contributed by atoms with Gasteiger partial charge in [0.25, 0.3) is 0 Å². The second-order valence-corrected chi connectivity index (χ2v) is 4.89. The Labute approximate surface area is 101 Å². The van der Waals surface area contributed by atoms with E-state index in [1.807, 2.05) is 4.90 Å². The molecule has 1 aliphatic rings. The van der Waals surface area contributed by atoms with Crippen LogP contribution in [0.3, 0.4) is 0 Å². The summed E-state index contributed by atoms with van der Waals surface area (Å²) >= 11 is 0. The van der Waals surface area contributed by atoms with Gasteiger partial charge in [-0.05, 0) is 37.8 Å². The first-order chi connectivity index (χ1) is 8.09. The van der Waals surface area contributed by atoms with Crippen molar-refractivity contribution in [3.63, 3.8) is 0 Å². The van der Waals surface area contributed by atoms with Crippen LogP contribution in [0.1, 0.15) is 37.0 Å². The van der Waals surface area contributed by atoms with Crippen LogP contribution in [0.4, 0.5) is 10.1 Å². The minimum atomic E-state index is -0.285. The lowest BCUT2D eigenvalue weighted by Crippen LogP contribution is -2.35. The number of carbonyl (C=O) groups is 1. The molecule has 3 heteroatoms. The Balaban J connectivity index is 2.39. The zero-order valence-corrected chi connectivity index (χ0v) is 10.4. The average Bonchev–Trinajstić information content (AvgIpc) is 2.28. The summed E-state index contributed by atoms with van der Waals surface area (Å²) in [7, 11) is 0. The standard InChI is InChI=1S/C14H18FNO/c1-10-5-4-8-16(9-10)14-12(11(2)17)6-3-7-13(14)15/h3,6-7,10H,4-5,8-9H2,1-2H3. The van der Waals surface area contributed by atoms with Gasteiger partial charge in [0.05, 0.1) is 5.69 Å². The van der Waals surface area contributed by atoms with E-state index in [0.717, 1.165) is 19.5 Å². The highest BCUT2D eigenvalue weighted by Crippen LogP contribution is 2.29. The molecule has 1 unspecified atom stereocenters. The van der Waals surface area contributed by atoms with Gasteiger partial charge in [-0.25, -0.2) is 4.39 Å². The highest BCUT2D eigenvalue weighted by Gasteiger charge is 2.22. The number of carbonyl (C=O) groups excluding carboxylic acids is 1. The van der Waals surface area contributed by atoms with E-state index in [9.17, 15) is 9.18 Å². The fourth-order valence-corrected chi connectivity index (χ4v) is 2.51. The molecule has 0 amide bonds. The molecule has 0 radical (unpaired) electrons. The summed E-state index contributed by atoms with van der Waals surface area (Å²) in [6.45, 7) is 5.33. The van der Waals surface area contributed by atoms with Gasteiger partial charge in [-0.3, -0.25) is 4.79 Å². The fraction of sp³-hybridized carbons (Fsp3) is 0.500. The number of piperidine rings is 1. The van der Waals surface area contributed by atoms with Gasteiger partial charge < -0.3 is 4.90 Å². The van der Waals surface area contributed by atoms with Gasteiger partial charge in [-0.15, -0.1) is 0 Å². The minimum Gasteiger partial charge on any atom is -0.368 e. The van der Waals surface area contributed by atoms with Gasteiger partial charge in [-0.1, -0.05) is 13.0 Å². The molecule has 0 aromatic heterocycles. The number of nitrogens with zero attached hydrogens (tertiary/aromatic N) is 1.